The average Bonchev–Trinajstić information content (AvgIpc) is 2.68. The third kappa shape index (κ3) is 9.27. The third-order valence-corrected chi connectivity index (χ3v) is 4.02. The summed E-state index contributed by atoms with van der Waals surface area (Å²) < 4.78 is 37.6. The number of amides is 1. The monoisotopic (exact) mass is 409 g/mol. The predicted octanol–water partition coefficient (Wildman–Crippen LogP) is 6.21. The molecule has 1 amide bonds. The van der Waals surface area contributed by atoms with Gasteiger partial charge in [-0.1, -0.05) is 50.8 Å². The maximum absolute atomic E-state index is 12.5. The molecule has 0 aliphatic rings. The molecule has 0 aliphatic carbocycles. The fourth-order valence-corrected chi connectivity index (χ4v) is 2.47. The molecule has 0 saturated heterocycles. The largest absolute Gasteiger partial charge is 0.507 e. The quantitative estimate of drug-likeness (QED) is 0.402. The van der Waals surface area contributed by atoms with E-state index in [-0.39, 0.29) is 17.0 Å². The van der Waals surface area contributed by atoms with Crippen LogP contribution in [0.4, 0.5) is 18.9 Å². The van der Waals surface area contributed by atoms with Gasteiger partial charge >= 0.3 is 6.18 Å². The SMILES string of the molecule is CCCCCCCC=O.O=C(Nc1cccc(C(F)(F)F)c1)c1ccccc1O. The van der Waals surface area contributed by atoms with Gasteiger partial charge in [0.2, 0.25) is 0 Å². The Bertz CT molecular complexity index is 776. The van der Waals surface area contributed by atoms with Crippen molar-refractivity contribution < 1.29 is 27.9 Å². The number of carbonyl (C=O) groups is 2. The van der Waals surface area contributed by atoms with Gasteiger partial charge in [0.15, 0.2) is 0 Å². The molecule has 0 heterocycles. The molecule has 0 aliphatic heterocycles. The lowest BCUT2D eigenvalue weighted by molar-refractivity contribution is -0.137. The van der Waals surface area contributed by atoms with Crippen LogP contribution in [-0.2, 0) is 11.0 Å². The molecule has 0 atom stereocenters. The van der Waals surface area contributed by atoms with Crippen LogP contribution in [0.5, 0.6) is 5.75 Å². The van der Waals surface area contributed by atoms with Crippen LogP contribution in [0.25, 0.3) is 0 Å². The summed E-state index contributed by atoms with van der Waals surface area (Å²) >= 11 is 0. The van der Waals surface area contributed by atoms with Crippen LogP contribution in [0.15, 0.2) is 48.5 Å². The van der Waals surface area contributed by atoms with E-state index in [0.29, 0.717) is 0 Å². The van der Waals surface area contributed by atoms with Crippen molar-refractivity contribution in [3.63, 3.8) is 0 Å². The van der Waals surface area contributed by atoms with Crippen molar-refractivity contribution in [2.75, 3.05) is 5.32 Å². The van der Waals surface area contributed by atoms with Gasteiger partial charge < -0.3 is 15.2 Å². The van der Waals surface area contributed by atoms with E-state index < -0.39 is 17.6 Å². The molecular weight excluding hydrogens is 383 g/mol. The van der Waals surface area contributed by atoms with Crippen molar-refractivity contribution in [1.29, 1.82) is 0 Å². The highest BCUT2D eigenvalue weighted by atomic mass is 19.4. The second-order valence-corrected chi connectivity index (χ2v) is 6.42. The number of nitrogens with one attached hydrogen (secondary N) is 1. The zero-order valence-corrected chi connectivity index (χ0v) is 16.3. The van der Waals surface area contributed by atoms with Crippen molar-refractivity contribution in [2.45, 2.75) is 51.6 Å². The predicted molar refractivity (Wildman–Crippen MR) is 107 cm³/mol. The van der Waals surface area contributed by atoms with Gasteiger partial charge in [-0.15, -0.1) is 0 Å². The third-order valence-electron chi connectivity index (χ3n) is 4.02. The first-order chi connectivity index (χ1) is 13.8. The van der Waals surface area contributed by atoms with Gasteiger partial charge in [0.25, 0.3) is 5.91 Å². The van der Waals surface area contributed by atoms with Crippen LogP contribution >= 0.6 is 0 Å². The lowest BCUT2D eigenvalue weighted by Gasteiger charge is -2.10. The molecule has 158 valence electrons. The average molecular weight is 409 g/mol. The van der Waals surface area contributed by atoms with Crippen LogP contribution in [0, 0.1) is 0 Å². The van der Waals surface area contributed by atoms with Gasteiger partial charge in [-0.3, -0.25) is 4.79 Å². The first-order valence-corrected chi connectivity index (χ1v) is 9.49. The highest BCUT2D eigenvalue weighted by molar-refractivity contribution is 6.06. The zero-order chi connectivity index (χ0) is 21.7. The number of rotatable bonds is 8. The first kappa shape index (κ1) is 24.2. The first-order valence-electron chi connectivity index (χ1n) is 9.49. The van der Waals surface area contributed by atoms with Crippen LogP contribution in [0.2, 0.25) is 0 Å². The Kier molecular flexibility index (Phi) is 10.5. The van der Waals surface area contributed by atoms with Gasteiger partial charge in [-0.2, -0.15) is 13.2 Å². The van der Waals surface area contributed by atoms with Gasteiger partial charge in [0.1, 0.15) is 12.0 Å². The summed E-state index contributed by atoms with van der Waals surface area (Å²) in [5, 5.41) is 11.8. The normalized spacial score (nSPS) is 10.6. The maximum Gasteiger partial charge on any atom is 0.416 e. The van der Waals surface area contributed by atoms with Crippen LogP contribution in [0.1, 0.15) is 61.4 Å². The summed E-state index contributed by atoms with van der Waals surface area (Å²) in [6.07, 6.45) is 3.49. The number of phenolic OH excluding ortho intramolecular Hbond substituents is 1. The number of carbonyl (C=O) groups excluding carboxylic acids is 2. The molecule has 7 heteroatoms. The fourth-order valence-electron chi connectivity index (χ4n) is 2.47. The number of alkyl halides is 3. The van der Waals surface area contributed by atoms with E-state index in [1.54, 1.807) is 6.07 Å². The number of aldehydes is 1. The molecule has 0 fully saturated rings. The Morgan fingerprint density at radius 2 is 1.72 bits per heavy atom. The Labute approximate surface area is 168 Å². The smallest absolute Gasteiger partial charge is 0.416 e. The summed E-state index contributed by atoms with van der Waals surface area (Å²) in [4.78, 5) is 21.7. The molecule has 29 heavy (non-hydrogen) atoms. The number of phenols is 1. The van der Waals surface area contributed by atoms with Crippen LogP contribution in [-0.4, -0.2) is 17.3 Å². The molecule has 0 saturated carbocycles. The van der Waals surface area contributed by atoms with Crippen molar-refractivity contribution in [3.05, 3.63) is 59.7 Å². The van der Waals surface area contributed by atoms with E-state index in [1.807, 2.05) is 0 Å². The molecule has 4 nitrogen and oxygen atoms in total. The Morgan fingerprint density at radius 3 is 2.34 bits per heavy atom. The van der Waals surface area contributed by atoms with E-state index in [0.717, 1.165) is 31.3 Å². The number of aromatic hydroxyl groups is 1. The van der Waals surface area contributed by atoms with Gasteiger partial charge in [0, 0.05) is 12.1 Å². The highest BCUT2D eigenvalue weighted by Gasteiger charge is 2.30. The number of unbranched alkanes of at least 4 members (excludes halogenated alkanes) is 5. The van der Waals surface area contributed by atoms with Gasteiger partial charge in [0.05, 0.1) is 11.1 Å². The van der Waals surface area contributed by atoms with E-state index >= 15 is 0 Å². The van der Waals surface area contributed by atoms with Crippen molar-refractivity contribution in [3.8, 4) is 5.75 Å². The Hall–Kier alpha value is -2.83. The van der Waals surface area contributed by atoms with E-state index in [2.05, 4.69) is 12.2 Å². The summed E-state index contributed by atoms with van der Waals surface area (Å²) in [5.41, 5.74) is -0.856. The number of para-hydroxylation sites is 1. The number of anilines is 1. The van der Waals surface area contributed by atoms with Crippen LogP contribution < -0.4 is 5.32 Å². The molecule has 2 N–H and O–H groups in total. The molecule has 2 aromatic carbocycles. The summed E-state index contributed by atoms with van der Waals surface area (Å²) in [5.74, 6) is -0.917. The number of hydrogen-bond donors (Lipinski definition) is 2. The Morgan fingerprint density at radius 1 is 1.03 bits per heavy atom. The lowest BCUT2D eigenvalue weighted by atomic mass is 10.1. The number of halogens is 3. The topological polar surface area (TPSA) is 66.4 Å². The molecule has 0 bridgehead atoms. The standard InChI is InChI=1S/C14H10F3NO2.C8H16O/c15-14(16,17)9-4-3-5-10(8-9)18-13(20)11-6-1-2-7-12(11)19;1-2-3-4-5-6-7-8-9/h1-8,19H,(H,18,20);8H,2-7H2,1H3. The molecule has 0 unspecified atom stereocenters. The van der Waals surface area contributed by atoms with Crippen molar-refractivity contribution in [1.82, 2.24) is 0 Å². The highest BCUT2D eigenvalue weighted by Crippen LogP contribution is 2.30. The van der Waals surface area contributed by atoms with Gasteiger partial charge in [-0.25, -0.2) is 0 Å². The van der Waals surface area contributed by atoms with Crippen LogP contribution in [0.3, 0.4) is 0 Å². The minimum Gasteiger partial charge on any atom is -0.507 e. The molecule has 2 aromatic rings. The zero-order valence-electron chi connectivity index (χ0n) is 16.3. The summed E-state index contributed by atoms with van der Waals surface area (Å²) in [7, 11) is 0. The number of benzene rings is 2. The maximum atomic E-state index is 12.5. The van der Waals surface area contributed by atoms with E-state index in [1.165, 1.54) is 56.0 Å². The minimum atomic E-state index is -4.48. The number of hydrogen-bond acceptors (Lipinski definition) is 3. The molecule has 0 aromatic heterocycles. The second kappa shape index (κ2) is 12.6. The Balaban J connectivity index is 0.000000396. The minimum absolute atomic E-state index is 0.00748. The molecule has 0 radical (unpaired) electrons. The van der Waals surface area contributed by atoms with E-state index in [4.69, 9.17) is 0 Å². The fraction of sp³-hybridized carbons (Fsp3) is 0.364. The molecule has 0 spiro atoms. The summed E-state index contributed by atoms with van der Waals surface area (Å²) in [6.45, 7) is 2.19. The second-order valence-electron chi connectivity index (χ2n) is 6.42. The molecule has 2 rings (SSSR count). The lowest BCUT2D eigenvalue weighted by Crippen LogP contribution is -2.13. The van der Waals surface area contributed by atoms with Crippen molar-refractivity contribution >= 4 is 17.9 Å². The molecular formula is C22H26F3NO3. The summed E-state index contributed by atoms with van der Waals surface area (Å²) in [6, 6.07) is 10.1. The van der Waals surface area contributed by atoms with Crippen molar-refractivity contribution in [2.24, 2.45) is 0 Å². The van der Waals surface area contributed by atoms with Gasteiger partial charge in [-0.05, 0) is 36.8 Å². The van der Waals surface area contributed by atoms with E-state index in [9.17, 15) is 27.9 Å².